The van der Waals surface area contributed by atoms with Gasteiger partial charge in [0.25, 0.3) is 0 Å². The van der Waals surface area contributed by atoms with E-state index >= 15 is 0 Å². The molecule has 7 nitrogen and oxygen atoms in total. The van der Waals surface area contributed by atoms with Gasteiger partial charge in [-0.05, 0) is 78.7 Å². The van der Waals surface area contributed by atoms with Crippen LogP contribution >= 0.6 is 11.8 Å². The Morgan fingerprint density at radius 3 is 2.80 bits per heavy atom. The van der Waals surface area contributed by atoms with Crippen molar-refractivity contribution in [3.8, 4) is 5.75 Å². The molecule has 41 heavy (non-hydrogen) atoms. The van der Waals surface area contributed by atoms with Crippen LogP contribution in [-0.4, -0.2) is 72.7 Å². The van der Waals surface area contributed by atoms with Crippen molar-refractivity contribution in [3.63, 3.8) is 0 Å². The van der Waals surface area contributed by atoms with E-state index in [9.17, 15) is 4.79 Å². The molecule has 2 aromatic rings. The van der Waals surface area contributed by atoms with Crippen LogP contribution in [0.1, 0.15) is 53.5 Å². The number of hydrogen-bond acceptors (Lipinski definition) is 8. The van der Waals surface area contributed by atoms with Gasteiger partial charge in [-0.2, -0.15) is 0 Å². The van der Waals surface area contributed by atoms with Crippen LogP contribution in [0.5, 0.6) is 5.75 Å². The summed E-state index contributed by atoms with van der Waals surface area (Å²) in [6.45, 7) is 8.67. The van der Waals surface area contributed by atoms with E-state index in [1.165, 1.54) is 23.0 Å². The molecule has 1 aliphatic carbocycles. The molecule has 5 aliphatic rings. The van der Waals surface area contributed by atoms with E-state index in [2.05, 4.69) is 63.8 Å². The Morgan fingerprint density at radius 1 is 1.15 bits per heavy atom. The number of rotatable bonds is 7. The molecular formula is C33H43N3O4S. The van der Waals surface area contributed by atoms with Crippen molar-refractivity contribution >= 4 is 23.7 Å². The number of carbonyl (C=O) groups is 1. The van der Waals surface area contributed by atoms with Crippen LogP contribution in [0.25, 0.3) is 5.70 Å². The normalized spacial score (nSPS) is 27.9. The molecule has 2 N–H and O–H groups in total. The molecular weight excluding hydrogens is 534 g/mol. The van der Waals surface area contributed by atoms with Crippen LogP contribution in [0.2, 0.25) is 0 Å². The molecule has 0 bridgehead atoms. The van der Waals surface area contributed by atoms with Crippen LogP contribution in [0.3, 0.4) is 0 Å². The number of likely N-dealkylation sites (tertiary alicyclic amines) is 1. The first-order valence-corrected chi connectivity index (χ1v) is 16.0. The molecule has 0 aromatic heterocycles. The fraction of sp³-hybridized carbons (Fsp3) is 0.545. The van der Waals surface area contributed by atoms with E-state index in [4.69, 9.17) is 14.6 Å². The van der Waals surface area contributed by atoms with Gasteiger partial charge in [-0.3, -0.25) is 9.80 Å². The van der Waals surface area contributed by atoms with Gasteiger partial charge >= 0.3 is 0 Å². The number of fused-ring (bicyclic) bond motifs is 2. The van der Waals surface area contributed by atoms with Gasteiger partial charge in [0.05, 0.1) is 5.70 Å². The largest absolute Gasteiger partial charge is 0.488 e. The number of benzene rings is 2. The topological polar surface area (TPSA) is 74.3 Å². The van der Waals surface area contributed by atoms with Crippen LogP contribution < -0.4 is 10.1 Å². The highest BCUT2D eigenvalue weighted by Crippen LogP contribution is 2.57. The van der Waals surface area contributed by atoms with E-state index in [1.54, 1.807) is 0 Å². The molecule has 4 aliphatic heterocycles. The van der Waals surface area contributed by atoms with Gasteiger partial charge in [-0.1, -0.05) is 42.1 Å². The highest BCUT2D eigenvalue weighted by molar-refractivity contribution is 8.03. The first-order chi connectivity index (χ1) is 20.1. The zero-order valence-corrected chi connectivity index (χ0v) is 25.1. The zero-order chi connectivity index (χ0) is 28.4. The molecule has 2 aromatic carbocycles. The number of aldehydes is 1. The van der Waals surface area contributed by atoms with Crippen LogP contribution in [0, 0.1) is 18.3 Å². The number of aryl methyl sites for hydroxylation is 1. The number of nitrogens with zero attached hydrogens (tertiary/aromatic N) is 2. The van der Waals surface area contributed by atoms with Gasteiger partial charge in [0, 0.05) is 63.5 Å². The average Bonchev–Trinajstić information content (AvgIpc) is 3.56. The number of carbonyl (C=O) groups excluding carboxylic acids is 1. The summed E-state index contributed by atoms with van der Waals surface area (Å²) in [7, 11) is 1.00. The number of ether oxygens (including phenoxy) is 2. The summed E-state index contributed by atoms with van der Waals surface area (Å²) in [6.07, 6.45) is 6.69. The molecule has 1 saturated carbocycles. The second kappa shape index (κ2) is 12.5. The lowest BCUT2D eigenvalue weighted by Gasteiger charge is -2.37. The third-order valence-corrected chi connectivity index (χ3v) is 10.7. The maximum Gasteiger partial charge on any atom is 0.132 e. The Bertz CT molecular complexity index is 1280. The van der Waals surface area contributed by atoms with E-state index < -0.39 is 0 Å². The molecule has 0 radical (unpaired) electrons. The van der Waals surface area contributed by atoms with Gasteiger partial charge < -0.3 is 24.7 Å². The number of thioether (sulfide) groups is 1. The quantitative estimate of drug-likeness (QED) is 0.465. The highest BCUT2D eigenvalue weighted by atomic mass is 32.2. The molecule has 0 amide bonds. The molecule has 220 valence electrons. The predicted octanol–water partition coefficient (Wildman–Crippen LogP) is 4.55. The van der Waals surface area contributed by atoms with Gasteiger partial charge in [-0.25, -0.2) is 0 Å². The summed E-state index contributed by atoms with van der Waals surface area (Å²) in [5, 5.41) is 13.0. The molecule has 3 unspecified atom stereocenters. The molecule has 8 heteroatoms. The molecule has 7 rings (SSSR count). The second-order valence-corrected chi connectivity index (χ2v) is 13.0. The number of aliphatic hydroxyl groups excluding tert-OH is 1. The summed E-state index contributed by atoms with van der Waals surface area (Å²) >= 11 is 1.83. The first-order valence-electron chi connectivity index (χ1n) is 15.0. The third-order valence-electron chi connectivity index (χ3n) is 9.66. The minimum absolute atomic E-state index is 0.00549. The maximum atomic E-state index is 11.5. The van der Waals surface area contributed by atoms with Gasteiger partial charge in [0.1, 0.15) is 24.1 Å². The highest BCUT2D eigenvalue weighted by Gasteiger charge is 2.57. The van der Waals surface area contributed by atoms with Crippen LogP contribution in [0.15, 0.2) is 41.8 Å². The standard InChI is InChI=1S/C32H39N3O3S.CH4O/c1-22-3-2-4-28(29-20-39-31(33-29)35-12-10-32(21-36)16-26(32)18-35)30(22)38-19-23-5-6-25-17-34(11-7-24(25)15-23)27-8-13-37-14-9-27;1-2/h2-6,15,20-21,26-27,31,33H,7-14,16-19H2,1H3;2H,1H3. The molecule has 0 spiro atoms. The van der Waals surface area contributed by atoms with Crippen molar-refractivity contribution in [3.05, 3.63) is 69.6 Å². The monoisotopic (exact) mass is 577 g/mol. The Balaban J connectivity index is 0.00000148. The number of nitrogens with one attached hydrogen (secondary N) is 1. The Morgan fingerprint density at radius 2 is 2.00 bits per heavy atom. The van der Waals surface area contributed by atoms with Crippen LogP contribution in [-0.2, 0) is 29.1 Å². The summed E-state index contributed by atoms with van der Waals surface area (Å²) in [5.74, 6) is 1.50. The lowest BCUT2D eigenvalue weighted by molar-refractivity contribution is -0.113. The van der Waals surface area contributed by atoms with Gasteiger partial charge in [-0.15, -0.1) is 0 Å². The fourth-order valence-corrected chi connectivity index (χ4v) is 8.06. The fourth-order valence-electron chi connectivity index (χ4n) is 7.04. The average molecular weight is 578 g/mol. The number of hydrogen-bond donors (Lipinski definition) is 2. The summed E-state index contributed by atoms with van der Waals surface area (Å²) < 4.78 is 12.1. The lowest BCUT2D eigenvalue weighted by atomic mass is 9.95. The number of piperidine rings is 1. The van der Waals surface area contributed by atoms with Crippen LogP contribution in [0.4, 0.5) is 0 Å². The van der Waals surface area contributed by atoms with E-state index in [-0.39, 0.29) is 10.9 Å². The summed E-state index contributed by atoms with van der Waals surface area (Å²) in [5.41, 5.74) is 7.80. The summed E-state index contributed by atoms with van der Waals surface area (Å²) in [6, 6.07) is 14.0. The SMILES string of the molecule is CO.Cc1cccc(C2=CSC(N3CCC4(C=O)CC4C3)N2)c1OCc1ccc2c(c1)CCN(C1CCOCC1)C2. The molecule has 2 saturated heterocycles. The molecule has 3 fully saturated rings. The number of aliphatic hydroxyl groups is 1. The van der Waals surface area contributed by atoms with Gasteiger partial charge in [0.15, 0.2) is 0 Å². The van der Waals surface area contributed by atoms with Crippen molar-refractivity contribution in [1.82, 2.24) is 15.1 Å². The van der Waals surface area contributed by atoms with E-state index in [0.29, 0.717) is 18.6 Å². The van der Waals surface area contributed by atoms with Crippen molar-refractivity contribution in [2.45, 2.75) is 63.7 Å². The predicted molar refractivity (Wildman–Crippen MR) is 163 cm³/mol. The van der Waals surface area contributed by atoms with Crippen molar-refractivity contribution in [2.24, 2.45) is 11.3 Å². The minimum atomic E-state index is -0.00549. The Kier molecular flexibility index (Phi) is 8.75. The lowest BCUT2D eigenvalue weighted by Crippen LogP contribution is -2.45. The molecule has 4 heterocycles. The Hall–Kier alpha value is -2.36. The second-order valence-electron chi connectivity index (χ2n) is 12.1. The molecule has 3 atom stereocenters. The smallest absolute Gasteiger partial charge is 0.132 e. The van der Waals surface area contributed by atoms with Crippen molar-refractivity contribution in [2.75, 3.05) is 40.0 Å². The maximum absolute atomic E-state index is 11.5. The minimum Gasteiger partial charge on any atom is -0.488 e. The summed E-state index contributed by atoms with van der Waals surface area (Å²) in [4.78, 5) is 16.7. The van der Waals surface area contributed by atoms with Crippen molar-refractivity contribution in [1.29, 1.82) is 0 Å². The van der Waals surface area contributed by atoms with E-state index in [1.807, 2.05) is 11.8 Å². The first kappa shape index (κ1) is 28.7. The number of para-hydroxylation sites is 1. The van der Waals surface area contributed by atoms with Gasteiger partial charge in [0.2, 0.25) is 0 Å². The Labute approximate surface area is 248 Å². The van der Waals surface area contributed by atoms with E-state index in [0.717, 1.165) is 101 Å². The third kappa shape index (κ3) is 5.95. The zero-order valence-electron chi connectivity index (χ0n) is 24.3. The van der Waals surface area contributed by atoms with Crippen molar-refractivity contribution < 1.29 is 19.4 Å².